The normalized spacial score (nSPS) is 13.6. The van der Waals surface area contributed by atoms with Crippen LogP contribution in [0.3, 0.4) is 0 Å². The van der Waals surface area contributed by atoms with Gasteiger partial charge in [0.1, 0.15) is 16.4 Å². The van der Waals surface area contributed by atoms with Crippen molar-refractivity contribution in [2.45, 2.75) is 43.1 Å². The molecule has 1 aliphatic rings. The van der Waals surface area contributed by atoms with Crippen molar-refractivity contribution < 1.29 is 4.42 Å². The standard InChI is InChI=1S/C22H21N3OS2/c1-2-7-15(8-3-1)14-27-22-24-20(23-13-16-9-6-12-26-16)19-17-10-4-5-11-18(17)28-21(19)25-22/h1-3,6-9,12H,4-5,10-11,13-14H2,(H,23,24,25). The number of thiophene rings is 1. The average Bonchev–Trinajstić information content (AvgIpc) is 3.38. The summed E-state index contributed by atoms with van der Waals surface area (Å²) in [5.41, 5.74) is 2.74. The number of benzene rings is 1. The summed E-state index contributed by atoms with van der Waals surface area (Å²) in [6.45, 7) is 0.631. The van der Waals surface area contributed by atoms with Crippen LogP contribution in [0, 0.1) is 0 Å². The Labute approximate surface area is 172 Å². The van der Waals surface area contributed by atoms with Crippen molar-refractivity contribution in [3.05, 3.63) is 70.5 Å². The van der Waals surface area contributed by atoms with Crippen molar-refractivity contribution in [1.29, 1.82) is 0 Å². The molecular formula is C22H21N3OS2. The summed E-state index contributed by atoms with van der Waals surface area (Å²) >= 11 is 3.54. The number of hydrogen-bond donors (Lipinski definition) is 1. The maximum absolute atomic E-state index is 5.49. The molecule has 0 spiro atoms. The lowest BCUT2D eigenvalue weighted by atomic mass is 9.97. The molecule has 0 saturated carbocycles. The predicted molar refractivity (Wildman–Crippen MR) is 116 cm³/mol. The largest absolute Gasteiger partial charge is 0.467 e. The van der Waals surface area contributed by atoms with E-state index < -0.39 is 0 Å². The molecular weight excluding hydrogens is 386 g/mol. The third-order valence-corrected chi connectivity index (χ3v) is 7.12. The van der Waals surface area contributed by atoms with Gasteiger partial charge in [0.2, 0.25) is 0 Å². The molecule has 0 bridgehead atoms. The fourth-order valence-electron chi connectivity index (χ4n) is 3.64. The van der Waals surface area contributed by atoms with E-state index in [0.717, 1.165) is 33.7 Å². The summed E-state index contributed by atoms with van der Waals surface area (Å²) in [7, 11) is 0. The number of thioether (sulfide) groups is 1. The number of aryl methyl sites for hydroxylation is 2. The molecule has 0 fully saturated rings. The van der Waals surface area contributed by atoms with Crippen LogP contribution in [0.25, 0.3) is 10.2 Å². The molecule has 28 heavy (non-hydrogen) atoms. The van der Waals surface area contributed by atoms with Crippen LogP contribution in [-0.4, -0.2) is 9.97 Å². The third-order valence-electron chi connectivity index (χ3n) is 5.02. The van der Waals surface area contributed by atoms with Gasteiger partial charge in [0, 0.05) is 10.6 Å². The van der Waals surface area contributed by atoms with E-state index in [0.29, 0.717) is 6.54 Å². The van der Waals surface area contributed by atoms with Gasteiger partial charge in [-0.25, -0.2) is 9.97 Å². The SMILES string of the molecule is c1ccc(CSc2nc(NCc3ccco3)c3c4c(sc3n2)CCCC4)cc1. The highest BCUT2D eigenvalue weighted by molar-refractivity contribution is 7.98. The van der Waals surface area contributed by atoms with Gasteiger partial charge in [0.25, 0.3) is 0 Å². The monoisotopic (exact) mass is 407 g/mol. The Kier molecular flexibility index (Phi) is 5.06. The molecule has 3 aromatic heterocycles. The molecule has 0 radical (unpaired) electrons. The summed E-state index contributed by atoms with van der Waals surface area (Å²) in [6, 6.07) is 14.4. The fraction of sp³-hybridized carbons (Fsp3) is 0.273. The van der Waals surface area contributed by atoms with Gasteiger partial charge in [0.15, 0.2) is 5.16 Å². The number of furan rings is 1. The Bertz CT molecular complexity index is 1070. The maximum Gasteiger partial charge on any atom is 0.191 e. The van der Waals surface area contributed by atoms with Gasteiger partial charge >= 0.3 is 0 Å². The van der Waals surface area contributed by atoms with E-state index in [2.05, 4.69) is 29.6 Å². The van der Waals surface area contributed by atoms with E-state index >= 15 is 0 Å². The van der Waals surface area contributed by atoms with E-state index in [-0.39, 0.29) is 0 Å². The second kappa shape index (κ2) is 7.97. The second-order valence-corrected chi connectivity index (χ2v) is 8.98. The van der Waals surface area contributed by atoms with Gasteiger partial charge in [-0.05, 0) is 48.9 Å². The van der Waals surface area contributed by atoms with Crippen LogP contribution in [0.1, 0.15) is 34.6 Å². The van der Waals surface area contributed by atoms with E-state index in [1.807, 2.05) is 29.5 Å². The molecule has 0 amide bonds. The minimum atomic E-state index is 0.631. The molecule has 1 aromatic carbocycles. The Hall–Kier alpha value is -2.31. The molecule has 0 unspecified atom stereocenters. The van der Waals surface area contributed by atoms with E-state index in [4.69, 9.17) is 14.4 Å². The Morgan fingerprint density at radius 2 is 1.93 bits per heavy atom. The molecule has 1 N–H and O–H groups in total. The zero-order chi connectivity index (χ0) is 18.8. The van der Waals surface area contributed by atoms with Crippen LogP contribution in [0.2, 0.25) is 0 Å². The number of fused-ring (bicyclic) bond motifs is 3. The first kappa shape index (κ1) is 17.8. The molecule has 4 aromatic rings. The first-order valence-electron chi connectivity index (χ1n) is 9.62. The minimum Gasteiger partial charge on any atom is -0.467 e. The molecule has 142 valence electrons. The van der Waals surface area contributed by atoms with Crippen LogP contribution in [0.15, 0.2) is 58.3 Å². The quantitative estimate of drug-likeness (QED) is 0.311. The number of nitrogens with zero attached hydrogens (tertiary/aromatic N) is 2. The zero-order valence-electron chi connectivity index (χ0n) is 15.5. The summed E-state index contributed by atoms with van der Waals surface area (Å²) < 4.78 is 5.49. The van der Waals surface area contributed by atoms with Gasteiger partial charge in [-0.1, -0.05) is 42.1 Å². The van der Waals surface area contributed by atoms with Crippen molar-refractivity contribution >= 4 is 39.1 Å². The van der Waals surface area contributed by atoms with Crippen molar-refractivity contribution in [2.24, 2.45) is 0 Å². The minimum absolute atomic E-state index is 0.631. The topological polar surface area (TPSA) is 51.0 Å². The lowest BCUT2D eigenvalue weighted by Gasteiger charge is -2.13. The van der Waals surface area contributed by atoms with Crippen LogP contribution in [0.5, 0.6) is 0 Å². The highest BCUT2D eigenvalue weighted by Gasteiger charge is 2.21. The molecule has 1 aliphatic carbocycles. The summed E-state index contributed by atoms with van der Waals surface area (Å²) in [5, 5.41) is 5.56. The molecule has 0 aliphatic heterocycles. The third kappa shape index (κ3) is 3.66. The molecule has 4 nitrogen and oxygen atoms in total. The van der Waals surface area contributed by atoms with Crippen molar-refractivity contribution in [3.8, 4) is 0 Å². The Morgan fingerprint density at radius 1 is 1.04 bits per heavy atom. The van der Waals surface area contributed by atoms with Crippen molar-refractivity contribution in [1.82, 2.24) is 9.97 Å². The molecule has 3 heterocycles. The highest BCUT2D eigenvalue weighted by atomic mass is 32.2. The lowest BCUT2D eigenvalue weighted by molar-refractivity contribution is 0.518. The molecule has 0 atom stereocenters. The van der Waals surface area contributed by atoms with Crippen LogP contribution < -0.4 is 5.32 Å². The zero-order valence-corrected chi connectivity index (χ0v) is 17.1. The van der Waals surface area contributed by atoms with Gasteiger partial charge in [0.05, 0.1) is 18.2 Å². The van der Waals surface area contributed by atoms with Gasteiger partial charge < -0.3 is 9.73 Å². The van der Waals surface area contributed by atoms with Crippen LogP contribution in [-0.2, 0) is 25.1 Å². The molecule has 6 heteroatoms. The Morgan fingerprint density at radius 3 is 2.79 bits per heavy atom. The molecule has 5 rings (SSSR count). The number of aromatic nitrogens is 2. The first-order valence-corrected chi connectivity index (χ1v) is 11.4. The number of rotatable bonds is 6. The Balaban J connectivity index is 1.48. The van der Waals surface area contributed by atoms with Crippen molar-refractivity contribution in [3.63, 3.8) is 0 Å². The maximum atomic E-state index is 5.49. The van der Waals surface area contributed by atoms with E-state index in [1.54, 1.807) is 18.0 Å². The van der Waals surface area contributed by atoms with E-state index in [1.165, 1.54) is 40.7 Å². The van der Waals surface area contributed by atoms with Crippen LogP contribution >= 0.6 is 23.1 Å². The highest BCUT2D eigenvalue weighted by Crippen LogP contribution is 2.39. The summed E-state index contributed by atoms with van der Waals surface area (Å²) in [6.07, 6.45) is 6.53. The average molecular weight is 408 g/mol. The number of nitrogens with one attached hydrogen (secondary N) is 1. The lowest BCUT2D eigenvalue weighted by Crippen LogP contribution is -2.05. The van der Waals surface area contributed by atoms with Gasteiger partial charge in [-0.2, -0.15) is 0 Å². The summed E-state index contributed by atoms with van der Waals surface area (Å²) in [5.74, 6) is 2.72. The van der Waals surface area contributed by atoms with Crippen molar-refractivity contribution in [2.75, 3.05) is 5.32 Å². The van der Waals surface area contributed by atoms with E-state index in [9.17, 15) is 0 Å². The van der Waals surface area contributed by atoms with Gasteiger partial charge in [-0.15, -0.1) is 11.3 Å². The molecule has 0 saturated heterocycles. The second-order valence-electron chi connectivity index (χ2n) is 6.95. The summed E-state index contributed by atoms with van der Waals surface area (Å²) in [4.78, 5) is 12.4. The number of hydrogen-bond acceptors (Lipinski definition) is 6. The van der Waals surface area contributed by atoms with Gasteiger partial charge in [-0.3, -0.25) is 0 Å². The van der Waals surface area contributed by atoms with Crippen LogP contribution in [0.4, 0.5) is 5.82 Å². The fourth-order valence-corrected chi connectivity index (χ4v) is 5.76. The predicted octanol–water partition coefficient (Wildman–Crippen LogP) is 6.07. The first-order chi connectivity index (χ1) is 13.9. The smallest absolute Gasteiger partial charge is 0.191 e. The number of anilines is 1.